The Kier molecular flexibility index (Phi) is 9.54. The van der Waals surface area contributed by atoms with Crippen molar-refractivity contribution < 1.29 is 28.6 Å². The van der Waals surface area contributed by atoms with E-state index < -0.39 is 18.1 Å². The largest absolute Gasteiger partial charge is 0.480 e. The molecule has 12 heteroatoms. The Hall–Kier alpha value is -4.35. The number of carboxylic acids is 1. The number of benzene rings is 2. The fourth-order valence-electron chi connectivity index (χ4n) is 4.44. The zero-order chi connectivity index (χ0) is 27.6. The molecule has 2 heterocycles. The summed E-state index contributed by atoms with van der Waals surface area (Å²) in [6.45, 7) is 2.32. The standard InChI is InChI=1S/C27H33FN6O5/c28-20-13-21(32-26-29-9-4-10-30-26)15-22(14-20)34-11-7-19(8-12-34)24(35)31-16-23(25(36)37)33-27(38)39-17-18-5-2-1-3-6-18/h1-3,5-6,13-15,19,23H,4,7-12,16-17H2,(H,31,35)(H,33,38)(H,36,37)(H2,29,30,32)/t23-/m0/s1. The van der Waals surface area contributed by atoms with Gasteiger partial charge in [-0.05, 0) is 43.0 Å². The number of carbonyl (C=O) groups excluding carboxylic acids is 2. The molecule has 0 radical (unpaired) electrons. The number of hydrogen-bond acceptors (Lipinski definition) is 8. The lowest BCUT2D eigenvalue weighted by Crippen LogP contribution is -2.50. The molecule has 0 bridgehead atoms. The van der Waals surface area contributed by atoms with Gasteiger partial charge in [0.15, 0.2) is 5.96 Å². The van der Waals surface area contributed by atoms with E-state index in [1.165, 1.54) is 12.1 Å². The Morgan fingerprint density at radius 1 is 1.15 bits per heavy atom. The highest BCUT2D eigenvalue weighted by Gasteiger charge is 2.28. The van der Waals surface area contributed by atoms with E-state index in [1.807, 2.05) is 17.0 Å². The van der Waals surface area contributed by atoms with E-state index in [0.717, 1.165) is 18.5 Å². The molecule has 4 rings (SSSR count). The van der Waals surface area contributed by atoms with Gasteiger partial charge in [-0.15, -0.1) is 0 Å². The van der Waals surface area contributed by atoms with Gasteiger partial charge < -0.3 is 36.0 Å². The number of aliphatic imine (C=N–C) groups is 1. The topological polar surface area (TPSA) is 144 Å². The van der Waals surface area contributed by atoms with Crippen molar-refractivity contribution in [3.8, 4) is 0 Å². The molecule has 0 unspecified atom stereocenters. The second kappa shape index (κ2) is 13.4. The molecular weight excluding hydrogens is 507 g/mol. The second-order valence-electron chi connectivity index (χ2n) is 9.44. The minimum Gasteiger partial charge on any atom is -0.480 e. The predicted octanol–water partition coefficient (Wildman–Crippen LogP) is 2.30. The van der Waals surface area contributed by atoms with Crippen LogP contribution in [0.15, 0.2) is 53.5 Å². The normalized spacial score (nSPS) is 16.3. The number of carboxylic acid groups (broad SMARTS) is 1. The van der Waals surface area contributed by atoms with Crippen LogP contribution in [0.1, 0.15) is 24.8 Å². The van der Waals surface area contributed by atoms with Crippen LogP contribution >= 0.6 is 0 Å². The molecule has 5 N–H and O–H groups in total. The highest BCUT2D eigenvalue weighted by atomic mass is 19.1. The number of alkyl carbamates (subject to hydrolysis) is 1. The van der Waals surface area contributed by atoms with Crippen molar-refractivity contribution in [3.05, 3.63) is 59.9 Å². The number of piperidine rings is 1. The van der Waals surface area contributed by atoms with Crippen LogP contribution in [0, 0.1) is 11.7 Å². The summed E-state index contributed by atoms with van der Waals surface area (Å²) < 4.78 is 19.4. The Bertz CT molecular complexity index is 1190. The zero-order valence-corrected chi connectivity index (χ0v) is 21.5. The summed E-state index contributed by atoms with van der Waals surface area (Å²) >= 11 is 0. The molecule has 208 valence electrons. The number of aliphatic carboxylic acids is 1. The number of hydrogen-bond donors (Lipinski definition) is 5. The van der Waals surface area contributed by atoms with Gasteiger partial charge in [-0.25, -0.2) is 14.0 Å². The Labute approximate surface area is 225 Å². The van der Waals surface area contributed by atoms with Crippen LogP contribution < -0.4 is 26.2 Å². The molecule has 1 saturated heterocycles. The van der Waals surface area contributed by atoms with Crippen LogP contribution in [-0.4, -0.2) is 67.8 Å². The first kappa shape index (κ1) is 27.7. The number of carbonyl (C=O) groups is 3. The van der Waals surface area contributed by atoms with E-state index in [9.17, 15) is 23.9 Å². The monoisotopic (exact) mass is 540 g/mol. The van der Waals surface area contributed by atoms with Gasteiger partial charge in [0.25, 0.3) is 0 Å². The predicted molar refractivity (Wildman–Crippen MR) is 144 cm³/mol. The third kappa shape index (κ3) is 8.32. The Balaban J connectivity index is 1.23. The summed E-state index contributed by atoms with van der Waals surface area (Å²) in [7, 11) is 0. The van der Waals surface area contributed by atoms with Gasteiger partial charge in [0.1, 0.15) is 18.5 Å². The van der Waals surface area contributed by atoms with E-state index in [-0.39, 0.29) is 30.8 Å². The maximum Gasteiger partial charge on any atom is 0.408 e. The highest BCUT2D eigenvalue weighted by Crippen LogP contribution is 2.27. The zero-order valence-electron chi connectivity index (χ0n) is 21.5. The molecule has 0 saturated carbocycles. The molecule has 39 heavy (non-hydrogen) atoms. The second-order valence-corrected chi connectivity index (χ2v) is 9.44. The first-order chi connectivity index (χ1) is 18.9. The van der Waals surface area contributed by atoms with Gasteiger partial charge in [0.2, 0.25) is 5.91 Å². The van der Waals surface area contributed by atoms with E-state index in [2.05, 4.69) is 26.3 Å². The summed E-state index contributed by atoms with van der Waals surface area (Å²) in [4.78, 5) is 42.8. The molecule has 2 aliphatic heterocycles. The summed E-state index contributed by atoms with van der Waals surface area (Å²) in [6.07, 6.45) is 1.11. The summed E-state index contributed by atoms with van der Waals surface area (Å²) in [5.74, 6) is -1.66. The van der Waals surface area contributed by atoms with Crippen LogP contribution in [0.5, 0.6) is 0 Å². The van der Waals surface area contributed by atoms with Gasteiger partial charge in [0, 0.05) is 50.0 Å². The fourth-order valence-corrected chi connectivity index (χ4v) is 4.44. The molecule has 11 nitrogen and oxygen atoms in total. The molecule has 2 aromatic carbocycles. The van der Waals surface area contributed by atoms with Gasteiger partial charge in [0.05, 0.1) is 0 Å². The van der Waals surface area contributed by atoms with Crippen LogP contribution in [0.4, 0.5) is 20.6 Å². The van der Waals surface area contributed by atoms with E-state index in [1.54, 1.807) is 24.3 Å². The number of amides is 2. The van der Waals surface area contributed by atoms with Gasteiger partial charge in [-0.1, -0.05) is 30.3 Å². The average Bonchev–Trinajstić information content (AvgIpc) is 2.94. The maximum absolute atomic E-state index is 14.3. The van der Waals surface area contributed by atoms with Crippen molar-refractivity contribution in [1.29, 1.82) is 0 Å². The summed E-state index contributed by atoms with van der Waals surface area (Å²) in [6, 6.07) is 12.4. The molecule has 2 aromatic rings. The average molecular weight is 541 g/mol. The number of rotatable bonds is 9. The van der Waals surface area contributed by atoms with Gasteiger partial charge >= 0.3 is 12.1 Å². The lowest BCUT2D eigenvalue weighted by atomic mass is 9.95. The molecule has 2 amide bonds. The lowest BCUT2D eigenvalue weighted by molar-refractivity contribution is -0.139. The smallest absolute Gasteiger partial charge is 0.408 e. The van der Waals surface area contributed by atoms with Crippen molar-refractivity contribution in [3.63, 3.8) is 0 Å². The number of halogens is 1. The molecule has 0 spiro atoms. The van der Waals surface area contributed by atoms with Crippen molar-refractivity contribution in [2.45, 2.75) is 31.9 Å². The Morgan fingerprint density at radius 3 is 2.62 bits per heavy atom. The third-order valence-electron chi connectivity index (χ3n) is 6.56. The SMILES string of the molecule is O=C(N[C@@H](CNC(=O)C1CCN(c2cc(F)cc(NC3=NCCCN3)c2)CC1)C(=O)O)OCc1ccccc1. The van der Waals surface area contributed by atoms with E-state index in [4.69, 9.17) is 4.74 Å². The number of guanidine groups is 1. The molecule has 0 aromatic heterocycles. The quantitative estimate of drug-likeness (QED) is 0.326. The van der Waals surface area contributed by atoms with Gasteiger partial charge in [-0.2, -0.15) is 0 Å². The molecule has 1 atom stereocenters. The number of anilines is 2. The highest BCUT2D eigenvalue weighted by molar-refractivity contribution is 5.94. The maximum atomic E-state index is 14.3. The number of nitrogens with one attached hydrogen (secondary N) is 4. The van der Waals surface area contributed by atoms with Crippen LogP contribution in [0.25, 0.3) is 0 Å². The molecular formula is C27H33FN6O5. The van der Waals surface area contributed by atoms with Crippen LogP contribution in [-0.2, 0) is 20.9 Å². The fraction of sp³-hybridized carbons (Fsp3) is 0.407. The van der Waals surface area contributed by atoms with Crippen molar-refractivity contribution in [2.75, 3.05) is 42.9 Å². The van der Waals surface area contributed by atoms with E-state index in [0.29, 0.717) is 49.8 Å². The molecule has 0 aliphatic carbocycles. The number of nitrogens with zero attached hydrogens (tertiary/aromatic N) is 2. The van der Waals surface area contributed by atoms with Crippen LogP contribution in [0.2, 0.25) is 0 Å². The molecule has 2 aliphatic rings. The Morgan fingerprint density at radius 2 is 1.92 bits per heavy atom. The van der Waals surface area contributed by atoms with E-state index >= 15 is 0 Å². The lowest BCUT2D eigenvalue weighted by Gasteiger charge is -2.33. The van der Waals surface area contributed by atoms with Gasteiger partial charge in [-0.3, -0.25) is 9.79 Å². The van der Waals surface area contributed by atoms with Crippen molar-refractivity contribution in [2.24, 2.45) is 10.9 Å². The summed E-state index contributed by atoms with van der Waals surface area (Å²) in [5.41, 5.74) is 2.06. The minimum absolute atomic E-state index is 0.00153. The van der Waals surface area contributed by atoms with Crippen molar-refractivity contribution in [1.82, 2.24) is 16.0 Å². The first-order valence-corrected chi connectivity index (χ1v) is 13.0. The number of ether oxygens (including phenoxy) is 1. The first-order valence-electron chi connectivity index (χ1n) is 13.0. The van der Waals surface area contributed by atoms with Crippen LogP contribution in [0.3, 0.4) is 0 Å². The summed E-state index contributed by atoms with van der Waals surface area (Å²) in [5, 5.41) is 20.6. The minimum atomic E-state index is -1.33. The third-order valence-corrected chi connectivity index (χ3v) is 6.56. The van der Waals surface area contributed by atoms with Crippen molar-refractivity contribution >= 4 is 35.3 Å². The molecule has 1 fully saturated rings.